The molecular weight excluding hydrogens is 378 g/mol. The Balaban J connectivity index is 2.09. The van der Waals surface area contributed by atoms with E-state index < -0.39 is 0 Å². The van der Waals surface area contributed by atoms with Gasteiger partial charge in [0.1, 0.15) is 34.5 Å². The highest BCUT2D eigenvalue weighted by atomic mass is 32.2. The van der Waals surface area contributed by atoms with E-state index in [9.17, 15) is 10.1 Å². The maximum atomic E-state index is 12.4. The van der Waals surface area contributed by atoms with Gasteiger partial charge in [-0.15, -0.1) is 0 Å². The first-order valence-corrected chi connectivity index (χ1v) is 9.16. The Hall–Kier alpha value is -3.43. The van der Waals surface area contributed by atoms with Gasteiger partial charge in [-0.1, -0.05) is 11.8 Å². The van der Waals surface area contributed by atoms with Crippen molar-refractivity contribution in [1.82, 2.24) is 10.3 Å². The Morgan fingerprint density at radius 2 is 1.96 bits per heavy atom. The summed E-state index contributed by atoms with van der Waals surface area (Å²) in [6.45, 7) is 1.83. The van der Waals surface area contributed by atoms with Gasteiger partial charge in [0.05, 0.1) is 37.1 Å². The molecule has 0 aliphatic carbocycles. The van der Waals surface area contributed by atoms with Gasteiger partial charge in [-0.2, -0.15) is 10.5 Å². The third kappa shape index (κ3) is 4.84. The number of nitriles is 2. The van der Waals surface area contributed by atoms with Crippen LogP contribution in [0.25, 0.3) is 0 Å². The molecule has 0 unspecified atom stereocenters. The van der Waals surface area contributed by atoms with Crippen molar-refractivity contribution in [1.29, 1.82) is 10.5 Å². The smallest absolute Gasteiger partial charge is 0.230 e. The number of carbonyl (C=O) groups is 1. The number of nitrogens with two attached hydrogens (primary N) is 1. The van der Waals surface area contributed by atoms with Crippen LogP contribution >= 0.6 is 11.8 Å². The molecule has 9 heteroatoms. The molecule has 0 bridgehead atoms. The molecule has 0 saturated carbocycles. The Bertz CT molecular complexity index is 965. The Kier molecular flexibility index (Phi) is 7.08. The number of carbonyl (C=O) groups excluding carboxylic acids is 1. The maximum Gasteiger partial charge on any atom is 0.230 e. The minimum atomic E-state index is -0.326. The first-order chi connectivity index (χ1) is 13.4. The molecule has 8 nitrogen and oxygen atoms in total. The second-order valence-electron chi connectivity index (χ2n) is 5.68. The molecule has 2 aromatic rings. The topological polar surface area (TPSA) is 134 Å². The van der Waals surface area contributed by atoms with Crippen molar-refractivity contribution >= 4 is 23.5 Å². The molecule has 1 heterocycles. The maximum absolute atomic E-state index is 12.4. The highest BCUT2D eigenvalue weighted by Crippen LogP contribution is 2.29. The van der Waals surface area contributed by atoms with E-state index in [0.29, 0.717) is 16.5 Å². The Morgan fingerprint density at radius 1 is 1.25 bits per heavy atom. The van der Waals surface area contributed by atoms with Crippen LogP contribution in [0.5, 0.6) is 11.5 Å². The molecule has 0 radical (unpaired) electrons. The van der Waals surface area contributed by atoms with Crippen LogP contribution in [0.2, 0.25) is 0 Å². The van der Waals surface area contributed by atoms with Gasteiger partial charge in [0.25, 0.3) is 0 Å². The molecule has 3 N–H and O–H groups in total. The number of anilines is 1. The van der Waals surface area contributed by atoms with E-state index in [2.05, 4.69) is 10.3 Å². The summed E-state index contributed by atoms with van der Waals surface area (Å²) in [4.78, 5) is 16.4. The fraction of sp³-hybridized carbons (Fsp3) is 0.263. The van der Waals surface area contributed by atoms with Gasteiger partial charge in [0.2, 0.25) is 5.91 Å². The van der Waals surface area contributed by atoms with Crippen LogP contribution in [0, 0.1) is 22.7 Å². The molecule has 0 aliphatic heterocycles. The van der Waals surface area contributed by atoms with E-state index in [1.165, 1.54) is 6.07 Å². The van der Waals surface area contributed by atoms with Crippen LogP contribution < -0.4 is 20.5 Å². The van der Waals surface area contributed by atoms with Crippen LogP contribution in [0.15, 0.2) is 29.3 Å². The molecule has 28 heavy (non-hydrogen) atoms. The molecule has 1 aromatic heterocycles. The number of amides is 1. The van der Waals surface area contributed by atoms with E-state index in [4.69, 9.17) is 20.5 Å². The van der Waals surface area contributed by atoms with Gasteiger partial charge >= 0.3 is 0 Å². The zero-order valence-corrected chi connectivity index (χ0v) is 16.5. The summed E-state index contributed by atoms with van der Waals surface area (Å²) < 4.78 is 10.6. The average Bonchev–Trinajstić information content (AvgIpc) is 2.71. The number of hydrogen-bond donors (Lipinski definition) is 2. The van der Waals surface area contributed by atoms with E-state index in [0.717, 1.165) is 17.3 Å². The van der Waals surface area contributed by atoms with E-state index in [1.807, 2.05) is 19.1 Å². The molecule has 0 aliphatic rings. The monoisotopic (exact) mass is 397 g/mol. The summed E-state index contributed by atoms with van der Waals surface area (Å²) in [5.41, 5.74) is 6.80. The normalized spacial score (nSPS) is 11.0. The number of methoxy groups -OCH3 is 2. The second-order valence-corrected chi connectivity index (χ2v) is 6.65. The molecule has 0 spiro atoms. The first-order valence-electron chi connectivity index (χ1n) is 8.18. The van der Waals surface area contributed by atoms with Gasteiger partial charge in [-0.05, 0) is 31.2 Å². The van der Waals surface area contributed by atoms with Gasteiger partial charge in [0, 0.05) is 5.56 Å². The Morgan fingerprint density at radius 3 is 2.57 bits per heavy atom. The van der Waals surface area contributed by atoms with Crippen molar-refractivity contribution in [3.63, 3.8) is 0 Å². The SMILES string of the molecule is COc1ccc(OC)c([C@@H](C)NC(=O)CSc2nc(N)c(C#N)cc2C#N)c1. The molecule has 144 valence electrons. The quantitative estimate of drug-likeness (QED) is 0.680. The number of nitrogen functional groups attached to an aromatic ring is 1. The number of aromatic nitrogens is 1. The summed E-state index contributed by atoms with van der Waals surface area (Å²) in [6.07, 6.45) is 0. The van der Waals surface area contributed by atoms with E-state index >= 15 is 0 Å². The summed E-state index contributed by atoms with van der Waals surface area (Å²) in [7, 11) is 3.12. The number of nitrogens with one attached hydrogen (secondary N) is 1. The van der Waals surface area contributed by atoms with Crippen molar-refractivity contribution < 1.29 is 14.3 Å². The van der Waals surface area contributed by atoms with E-state index in [-0.39, 0.29) is 34.6 Å². The van der Waals surface area contributed by atoms with Crippen LogP contribution in [-0.4, -0.2) is 30.9 Å². The Labute approximate surface area is 167 Å². The number of thioether (sulfide) groups is 1. The highest BCUT2D eigenvalue weighted by molar-refractivity contribution is 8.00. The highest BCUT2D eigenvalue weighted by Gasteiger charge is 2.17. The van der Waals surface area contributed by atoms with Crippen LogP contribution in [0.1, 0.15) is 29.7 Å². The molecule has 1 atom stereocenters. The number of ether oxygens (including phenoxy) is 2. The van der Waals surface area contributed by atoms with Crippen molar-refractivity contribution in [3.8, 4) is 23.6 Å². The summed E-state index contributed by atoms with van der Waals surface area (Å²) >= 11 is 1.08. The van der Waals surface area contributed by atoms with Crippen molar-refractivity contribution in [2.24, 2.45) is 0 Å². The third-order valence-electron chi connectivity index (χ3n) is 3.88. The largest absolute Gasteiger partial charge is 0.497 e. The zero-order chi connectivity index (χ0) is 20.7. The number of rotatable bonds is 7. The average molecular weight is 397 g/mol. The van der Waals surface area contributed by atoms with Gasteiger partial charge in [0.15, 0.2) is 0 Å². The van der Waals surface area contributed by atoms with Gasteiger partial charge in [-0.25, -0.2) is 4.98 Å². The molecule has 0 saturated heterocycles. The van der Waals surface area contributed by atoms with Crippen molar-refractivity contribution in [2.45, 2.75) is 18.0 Å². The first kappa shape index (κ1) is 20.9. The predicted molar refractivity (Wildman–Crippen MR) is 105 cm³/mol. The van der Waals surface area contributed by atoms with Crippen molar-refractivity contribution in [2.75, 3.05) is 25.7 Å². The van der Waals surface area contributed by atoms with Gasteiger partial charge < -0.3 is 20.5 Å². The zero-order valence-electron chi connectivity index (χ0n) is 15.6. The molecular formula is C19H19N5O3S. The fourth-order valence-corrected chi connectivity index (χ4v) is 3.24. The number of nitrogens with zero attached hydrogens (tertiary/aromatic N) is 3. The molecule has 1 amide bonds. The number of pyridine rings is 1. The number of benzene rings is 1. The lowest BCUT2D eigenvalue weighted by Gasteiger charge is -2.18. The second kappa shape index (κ2) is 9.49. The molecule has 0 fully saturated rings. The van der Waals surface area contributed by atoms with Crippen LogP contribution in [-0.2, 0) is 4.79 Å². The lowest BCUT2D eigenvalue weighted by atomic mass is 10.1. The number of hydrogen-bond acceptors (Lipinski definition) is 8. The van der Waals surface area contributed by atoms with Crippen molar-refractivity contribution in [3.05, 3.63) is 41.0 Å². The fourth-order valence-electron chi connectivity index (χ4n) is 2.46. The summed E-state index contributed by atoms with van der Waals surface area (Å²) in [5, 5.41) is 21.4. The lowest BCUT2D eigenvalue weighted by molar-refractivity contribution is -0.119. The predicted octanol–water partition coefficient (Wildman–Crippen LogP) is 2.39. The standard InChI is InChI=1S/C19H19N5O3S/c1-11(15-7-14(26-2)4-5-16(15)27-3)23-17(25)10-28-19-13(9-21)6-12(8-20)18(22)24-19/h4-7,11H,10H2,1-3H3,(H2,22,24)(H,23,25)/t11-/m1/s1. The van der Waals surface area contributed by atoms with E-state index in [1.54, 1.807) is 32.4 Å². The third-order valence-corrected chi connectivity index (χ3v) is 4.87. The molecule has 2 rings (SSSR count). The van der Waals surface area contributed by atoms with Crippen LogP contribution in [0.3, 0.4) is 0 Å². The minimum absolute atomic E-state index is 0.0268. The summed E-state index contributed by atoms with van der Waals surface area (Å²) in [6, 6.07) is 10.2. The lowest BCUT2D eigenvalue weighted by Crippen LogP contribution is -2.28. The summed E-state index contributed by atoms with van der Waals surface area (Å²) in [5.74, 6) is 1.09. The minimum Gasteiger partial charge on any atom is -0.497 e. The van der Waals surface area contributed by atoms with Gasteiger partial charge in [-0.3, -0.25) is 4.79 Å². The molecule has 1 aromatic carbocycles. The van der Waals surface area contributed by atoms with Crippen LogP contribution in [0.4, 0.5) is 5.82 Å².